The van der Waals surface area contributed by atoms with Gasteiger partial charge in [-0.1, -0.05) is 49.4 Å². The fourth-order valence-corrected chi connectivity index (χ4v) is 8.34. The lowest BCUT2D eigenvalue weighted by molar-refractivity contribution is 0.520. The summed E-state index contributed by atoms with van der Waals surface area (Å²) in [7, 11) is -7.09. The van der Waals surface area contributed by atoms with Crippen LogP contribution >= 0.6 is 0 Å². The van der Waals surface area contributed by atoms with Crippen LogP contribution < -0.4 is 5.32 Å². The molecule has 1 saturated heterocycles. The Morgan fingerprint density at radius 1 is 0.964 bits per heavy atom. The number of aryl methyl sites for hydroxylation is 2. The molecule has 0 bridgehead atoms. The summed E-state index contributed by atoms with van der Waals surface area (Å²) >= 11 is 0. The molecule has 0 amide bonds. The topological polar surface area (TPSA) is 80.3 Å². The Labute approximate surface area is 168 Å². The number of sulfone groups is 2. The van der Waals surface area contributed by atoms with Crippen molar-refractivity contribution in [2.24, 2.45) is 0 Å². The van der Waals surface area contributed by atoms with Gasteiger partial charge in [0.2, 0.25) is 0 Å². The van der Waals surface area contributed by atoms with E-state index in [1.54, 1.807) is 24.3 Å². The molecule has 1 fully saturated rings. The lowest BCUT2D eigenvalue weighted by Crippen LogP contribution is -2.43. The minimum atomic E-state index is -3.71. The van der Waals surface area contributed by atoms with Gasteiger partial charge in [0.25, 0.3) is 0 Å². The number of hydrogen-bond acceptors (Lipinski definition) is 5. The van der Waals surface area contributed by atoms with E-state index < -0.39 is 31.0 Å². The van der Waals surface area contributed by atoms with Crippen LogP contribution in [0.3, 0.4) is 0 Å². The van der Waals surface area contributed by atoms with Crippen molar-refractivity contribution in [1.29, 1.82) is 0 Å². The van der Waals surface area contributed by atoms with Crippen LogP contribution in [0.25, 0.3) is 0 Å². The predicted octanol–water partition coefficient (Wildman–Crippen LogP) is 2.41. The zero-order chi connectivity index (χ0) is 20.2. The molecule has 28 heavy (non-hydrogen) atoms. The summed E-state index contributed by atoms with van der Waals surface area (Å²) in [6.45, 7) is 2.58. The lowest BCUT2D eigenvalue weighted by atomic mass is 10.1. The molecule has 0 aromatic heterocycles. The fraction of sp³-hybridized carbons (Fsp3) is 0.429. The van der Waals surface area contributed by atoms with E-state index in [9.17, 15) is 16.8 Å². The van der Waals surface area contributed by atoms with Gasteiger partial charge in [-0.25, -0.2) is 16.8 Å². The molecule has 5 nitrogen and oxygen atoms in total. The summed E-state index contributed by atoms with van der Waals surface area (Å²) in [5.74, 6) is -0.448. The Morgan fingerprint density at radius 2 is 1.64 bits per heavy atom. The number of rotatable bonds is 8. The quantitative estimate of drug-likeness (QED) is 0.662. The maximum Gasteiger partial charge on any atom is 0.183 e. The second-order valence-corrected chi connectivity index (χ2v) is 11.6. The van der Waals surface area contributed by atoms with E-state index in [0.717, 1.165) is 24.8 Å². The molecule has 2 aromatic rings. The molecule has 1 aliphatic rings. The molecule has 1 heterocycles. The van der Waals surface area contributed by atoms with Gasteiger partial charge in [0, 0.05) is 6.04 Å². The molecule has 1 N–H and O–H groups in total. The van der Waals surface area contributed by atoms with Crippen LogP contribution in [0.4, 0.5) is 0 Å². The predicted molar refractivity (Wildman–Crippen MR) is 112 cm³/mol. The fourth-order valence-electron chi connectivity index (χ4n) is 3.63. The maximum atomic E-state index is 13.1. The lowest BCUT2D eigenvalue weighted by Gasteiger charge is -2.20. The number of benzene rings is 2. The Hall–Kier alpha value is -1.70. The molecule has 0 unspecified atom stereocenters. The van der Waals surface area contributed by atoms with E-state index in [4.69, 9.17) is 0 Å². The largest absolute Gasteiger partial charge is 0.312 e. The minimum Gasteiger partial charge on any atom is -0.312 e. The third-order valence-electron chi connectivity index (χ3n) is 5.25. The first-order valence-corrected chi connectivity index (χ1v) is 13.0. The van der Waals surface area contributed by atoms with Crippen LogP contribution in [0.15, 0.2) is 59.5 Å². The Morgan fingerprint density at radius 3 is 2.29 bits per heavy atom. The molecular weight excluding hydrogens is 394 g/mol. The number of nitrogens with one attached hydrogen (secondary N) is 1. The van der Waals surface area contributed by atoms with Crippen molar-refractivity contribution in [2.75, 3.05) is 18.1 Å². The summed E-state index contributed by atoms with van der Waals surface area (Å²) in [4.78, 5) is 0.197. The third-order valence-corrected chi connectivity index (χ3v) is 9.42. The molecule has 2 aromatic carbocycles. The number of hydrogen-bond donors (Lipinski definition) is 1. The zero-order valence-corrected chi connectivity index (χ0v) is 17.7. The van der Waals surface area contributed by atoms with Gasteiger partial charge in [0.1, 0.15) is 0 Å². The van der Waals surface area contributed by atoms with Gasteiger partial charge in [-0.3, -0.25) is 0 Å². The molecule has 0 aliphatic carbocycles. The SMILES string of the molecule is CCc1ccc(S(=O)(=O)[C@@H]2CS(=O)(=O)C[C@H]2NCCCc2ccccc2)cc1. The van der Waals surface area contributed by atoms with Crippen LogP contribution in [0.5, 0.6) is 0 Å². The molecular formula is C21H27NO4S2. The second-order valence-electron chi connectivity index (χ2n) is 7.31. The molecule has 1 aliphatic heterocycles. The molecule has 0 spiro atoms. The second kappa shape index (κ2) is 8.76. The van der Waals surface area contributed by atoms with E-state index in [1.165, 1.54) is 5.56 Å². The third kappa shape index (κ3) is 5.01. The van der Waals surface area contributed by atoms with Crippen molar-refractivity contribution >= 4 is 19.7 Å². The highest BCUT2D eigenvalue weighted by molar-refractivity contribution is 7.96. The maximum absolute atomic E-state index is 13.1. The minimum absolute atomic E-state index is 0.130. The van der Waals surface area contributed by atoms with Gasteiger partial charge < -0.3 is 5.32 Å². The van der Waals surface area contributed by atoms with E-state index in [0.29, 0.717) is 6.54 Å². The van der Waals surface area contributed by atoms with Gasteiger partial charge in [-0.15, -0.1) is 0 Å². The highest BCUT2D eigenvalue weighted by Crippen LogP contribution is 2.26. The normalized spacial score (nSPS) is 21.6. The first-order valence-electron chi connectivity index (χ1n) is 9.62. The van der Waals surface area contributed by atoms with Crippen LogP contribution in [0.2, 0.25) is 0 Å². The molecule has 0 saturated carbocycles. The van der Waals surface area contributed by atoms with Gasteiger partial charge in [0.05, 0.1) is 21.7 Å². The van der Waals surface area contributed by atoms with Crippen molar-refractivity contribution in [3.05, 3.63) is 65.7 Å². The van der Waals surface area contributed by atoms with Gasteiger partial charge in [-0.05, 0) is 49.1 Å². The van der Waals surface area contributed by atoms with E-state index in [-0.39, 0.29) is 16.4 Å². The van der Waals surface area contributed by atoms with E-state index in [1.807, 2.05) is 37.3 Å². The zero-order valence-electron chi connectivity index (χ0n) is 16.0. The summed E-state index contributed by atoms with van der Waals surface area (Å²) < 4.78 is 50.5. The Bertz CT molecular complexity index is 984. The van der Waals surface area contributed by atoms with Crippen LogP contribution in [0, 0.1) is 0 Å². The van der Waals surface area contributed by atoms with Crippen molar-refractivity contribution in [2.45, 2.75) is 42.4 Å². The van der Waals surface area contributed by atoms with Crippen molar-refractivity contribution in [1.82, 2.24) is 5.32 Å². The molecule has 0 radical (unpaired) electrons. The van der Waals surface area contributed by atoms with Crippen LogP contribution in [0.1, 0.15) is 24.5 Å². The van der Waals surface area contributed by atoms with Crippen molar-refractivity contribution in [3.63, 3.8) is 0 Å². The summed E-state index contributed by atoms with van der Waals surface area (Å²) in [5, 5.41) is 2.25. The van der Waals surface area contributed by atoms with Crippen LogP contribution in [-0.2, 0) is 32.5 Å². The van der Waals surface area contributed by atoms with Crippen molar-refractivity contribution < 1.29 is 16.8 Å². The van der Waals surface area contributed by atoms with Gasteiger partial charge in [-0.2, -0.15) is 0 Å². The monoisotopic (exact) mass is 421 g/mol. The van der Waals surface area contributed by atoms with E-state index in [2.05, 4.69) is 5.32 Å². The first-order chi connectivity index (χ1) is 13.3. The molecule has 2 atom stereocenters. The average molecular weight is 422 g/mol. The van der Waals surface area contributed by atoms with Gasteiger partial charge in [0.15, 0.2) is 19.7 Å². The highest BCUT2D eigenvalue weighted by Gasteiger charge is 2.45. The first kappa shape index (κ1) is 21.0. The summed E-state index contributed by atoms with van der Waals surface area (Å²) in [6, 6.07) is 16.2. The van der Waals surface area contributed by atoms with Crippen molar-refractivity contribution in [3.8, 4) is 0 Å². The standard InChI is InChI=1S/C21H27NO4S2/c1-2-17-10-12-19(13-11-17)28(25,26)21-16-27(23,24)15-20(21)22-14-6-9-18-7-4-3-5-8-18/h3-5,7-8,10-13,20-22H,2,6,9,14-16H2,1H3/t20-,21-/m1/s1. The van der Waals surface area contributed by atoms with E-state index >= 15 is 0 Å². The summed E-state index contributed by atoms with van der Waals surface area (Å²) in [5.41, 5.74) is 2.26. The Balaban J connectivity index is 1.68. The van der Waals surface area contributed by atoms with Gasteiger partial charge >= 0.3 is 0 Å². The average Bonchev–Trinajstić information content (AvgIpc) is 3.01. The van der Waals surface area contributed by atoms with Crippen LogP contribution in [-0.4, -0.2) is 46.2 Å². The smallest absolute Gasteiger partial charge is 0.183 e. The Kier molecular flexibility index (Phi) is 6.58. The molecule has 152 valence electrons. The molecule has 3 rings (SSSR count). The summed E-state index contributed by atoms with van der Waals surface area (Å²) in [6.07, 6.45) is 2.51. The highest BCUT2D eigenvalue weighted by atomic mass is 32.2. The molecule has 7 heteroatoms.